The summed E-state index contributed by atoms with van der Waals surface area (Å²) in [7, 11) is 1.63. The number of aliphatic hydroxyl groups is 1. The van der Waals surface area contributed by atoms with Gasteiger partial charge in [0.25, 0.3) is 0 Å². The normalized spacial score (nSPS) is 17.2. The molecule has 1 aromatic carbocycles. The Balaban J connectivity index is 1.65. The zero-order valence-corrected chi connectivity index (χ0v) is 13.7. The summed E-state index contributed by atoms with van der Waals surface area (Å²) in [5, 5.41) is 21.4. The standard InChI is InChI=1S/C16H22FN5O2/c1-24-16(12-23)7-10-21(11-8-16)15-18-19-20-22(15)9-6-13-4-2-3-5-14(13)17/h2-5,23H,6-12H2,1H3. The number of hydrogen-bond acceptors (Lipinski definition) is 6. The minimum absolute atomic E-state index is 0.00949. The Morgan fingerprint density at radius 1 is 1.29 bits per heavy atom. The molecule has 0 spiro atoms. The molecular weight excluding hydrogens is 313 g/mol. The van der Waals surface area contributed by atoms with Crippen LogP contribution in [-0.4, -0.2) is 57.7 Å². The Bertz CT molecular complexity index is 664. The minimum atomic E-state index is -0.470. The van der Waals surface area contributed by atoms with E-state index < -0.39 is 5.60 Å². The molecule has 2 aromatic rings. The second-order valence-electron chi connectivity index (χ2n) is 6.08. The fourth-order valence-corrected chi connectivity index (χ4v) is 3.04. The average Bonchev–Trinajstić information content (AvgIpc) is 3.09. The minimum Gasteiger partial charge on any atom is -0.393 e. The van der Waals surface area contributed by atoms with E-state index >= 15 is 0 Å². The van der Waals surface area contributed by atoms with Gasteiger partial charge in [0.05, 0.1) is 18.8 Å². The number of aromatic nitrogens is 4. The maximum absolute atomic E-state index is 13.7. The zero-order valence-electron chi connectivity index (χ0n) is 13.7. The van der Waals surface area contributed by atoms with E-state index in [9.17, 15) is 9.50 Å². The molecule has 8 heteroatoms. The Morgan fingerprint density at radius 2 is 2.04 bits per heavy atom. The van der Waals surface area contributed by atoms with E-state index in [2.05, 4.69) is 20.4 Å². The number of halogens is 1. The maximum atomic E-state index is 13.7. The van der Waals surface area contributed by atoms with Crippen LogP contribution in [0, 0.1) is 5.82 Å². The van der Waals surface area contributed by atoms with Crippen molar-refractivity contribution in [3.05, 3.63) is 35.6 Å². The first-order valence-electron chi connectivity index (χ1n) is 8.08. The second-order valence-corrected chi connectivity index (χ2v) is 6.08. The van der Waals surface area contributed by atoms with Crippen LogP contribution >= 0.6 is 0 Å². The summed E-state index contributed by atoms with van der Waals surface area (Å²) in [6.45, 7) is 1.92. The molecule has 0 bridgehead atoms. The van der Waals surface area contributed by atoms with Gasteiger partial charge in [-0.25, -0.2) is 9.07 Å². The third-order valence-electron chi connectivity index (χ3n) is 4.74. The second kappa shape index (κ2) is 7.23. The molecule has 1 aliphatic heterocycles. The van der Waals surface area contributed by atoms with Gasteiger partial charge in [0, 0.05) is 20.2 Å². The molecule has 7 nitrogen and oxygen atoms in total. The van der Waals surface area contributed by atoms with Crippen LogP contribution in [0.5, 0.6) is 0 Å². The van der Waals surface area contributed by atoms with Gasteiger partial charge in [0.2, 0.25) is 5.95 Å². The van der Waals surface area contributed by atoms with Crippen molar-refractivity contribution in [3.8, 4) is 0 Å². The SMILES string of the molecule is COC1(CO)CCN(c2nnnn2CCc2ccccc2F)CC1. The van der Waals surface area contributed by atoms with Crippen molar-refractivity contribution in [2.24, 2.45) is 0 Å². The molecular formula is C16H22FN5O2. The summed E-state index contributed by atoms with van der Waals surface area (Å²) < 4.78 is 20.9. The molecule has 0 saturated carbocycles. The first-order valence-corrected chi connectivity index (χ1v) is 8.08. The molecule has 0 atom stereocenters. The van der Waals surface area contributed by atoms with Crippen molar-refractivity contribution in [2.75, 3.05) is 31.7 Å². The monoisotopic (exact) mass is 335 g/mol. The van der Waals surface area contributed by atoms with E-state index in [1.165, 1.54) is 6.07 Å². The molecule has 24 heavy (non-hydrogen) atoms. The Hall–Kier alpha value is -2.06. The van der Waals surface area contributed by atoms with Crippen LogP contribution in [0.25, 0.3) is 0 Å². The van der Waals surface area contributed by atoms with E-state index in [0.29, 0.717) is 50.4 Å². The Kier molecular flexibility index (Phi) is 5.06. The smallest absolute Gasteiger partial charge is 0.245 e. The number of methoxy groups -OCH3 is 1. The lowest BCUT2D eigenvalue weighted by atomic mass is 9.92. The highest BCUT2D eigenvalue weighted by molar-refractivity contribution is 5.29. The quantitative estimate of drug-likeness (QED) is 0.850. The summed E-state index contributed by atoms with van der Waals surface area (Å²) in [6, 6.07) is 6.73. The third-order valence-corrected chi connectivity index (χ3v) is 4.74. The van der Waals surface area contributed by atoms with Gasteiger partial charge in [-0.15, -0.1) is 0 Å². The molecule has 3 rings (SSSR count). The van der Waals surface area contributed by atoms with Crippen LogP contribution in [0.4, 0.5) is 10.3 Å². The molecule has 130 valence electrons. The summed E-state index contributed by atoms with van der Waals surface area (Å²) >= 11 is 0. The molecule has 0 amide bonds. The number of aryl methyl sites for hydroxylation is 2. The third kappa shape index (κ3) is 3.39. The van der Waals surface area contributed by atoms with Gasteiger partial charge in [0.15, 0.2) is 0 Å². The Morgan fingerprint density at radius 3 is 2.71 bits per heavy atom. The van der Waals surface area contributed by atoms with E-state index in [1.54, 1.807) is 23.9 Å². The van der Waals surface area contributed by atoms with Gasteiger partial charge in [-0.05, 0) is 41.3 Å². The molecule has 0 aliphatic carbocycles. The molecule has 0 radical (unpaired) electrons. The first kappa shape index (κ1) is 16.8. The molecule has 1 aliphatic rings. The van der Waals surface area contributed by atoms with Gasteiger partial charge in [-0.2, -0.15) is 0 Å². The lowest BCUT2D eigenvalue weighted by Crippen LogP contribution is -2.48. The topological polar surface area (TPSA) is 76.3 Å². The van der Waals surface area contributed by atoms with Crippen molar-refractivity contribution in [3.63, 3.8) is 0 Å². The number of ether oxygens (including phenoxy) is 1. The molecule has 1 aromatic heterocycles. The maximum Gasteiger partial charge on any atom is 0.245 e. The highest BCUT2D eigenvalue weighted by atomic mass is 19.1. The highest BCUT2D eigenvalue weighted by Gasteiger charge is 2.35. The number of aliphatic hydroxyl groups excluding tert-OH is 1. The molecule has 2 heterocycles. The van der Waals surface area contributed by atoms with Crippen molar-refractivity contribution in [2.45, 2.75) is 31.4 Å². The zero-order chi connectivity index (χ0) is 17.0. The average molecular weight is 335 g/mol. The van der Waals surface area contributed by atoms with E-state index in [-0.39, 0.29) is 12.4 Å². The summed E-state index contributed by atoms with van der Waals surface area (Å²) in [6.07, 6.45) is 1.94. The van der Waals surface area contributed by atoms with E-state index in [4.69, 9.17) is 4.74 Å². The number of tetrazole rings is 1. The summed E-state index contributed by atoms with van der Waals surface area (Å²) in [4.78, 5) is 2.08. The van der Waals surface area contributed by atoms with Gasteiger partial charge < -0.3 is 14.7 Å². The number of benzene rings is 1. The van der Waals surface area contributed by atoms with Gasteiger partial charge in [0.1, 0.15) is 5.82 Å². The van der Waals surface area contributed by atoms with Crippen LogP contribution in [0.3, 0.4) is 0 Å². The number of piperidine rings is 1. The van der Waals surface area contributed by atoms with Crippen LogP contribution in [0.1, 0.15) is 18.4 Å². The molecule has 1 fully saturated rings. The number of rotatable bonds is 6. The highest BCUT2D eigenvalue weighted by Crippen LogP contribution is 2.27. The number of anilines is 1. The van der Waals surface area contributed by atoms with Crippen LogP contribution in [-0.2, 0) is 17.7 Å². The number of hydrogen-bond donors (Lipinski definition) is 1. The van der Waals surface area contributed by atoms with Crippen LogP contribution in [0.2, 0.25) is 0 Å². The van der Waals surface area contributed by atoms with Crippen LogP contribution in [0.15, 0.2) is 24.3 Å². The predicted octanol–water partition coefficient (Wildman–Crippen LogP) is 1.03. The largest absolute Gasteiger partial charge is 0.393 e. The van der Waals surface area contributed by atoms with Crippen molar-refractivity contribution >= 4 is 5.95 Å². The fourth-order valence-electron chi connectivity index (χ4n) is 3.04. The lowest BCUT2D eigenvalue weighted by Gasteiger charge is -2.39. The molecule has 1 N–H and O–H groups in total. The number of nitrogens with zero attached hydrogens (tertiary/aromatic N) is 5. The van der Waals surface area contributed by atoms with E-state index in [0.717, 1.165) is 0 Å². The van der Waals surface area contributed by atoms with Gasteiger partial charge >= 0.3 is 0 Å². The first-order chi connectivity index (χ1) is 11.7. The summed E-state index contributed by atoms with van der Waals surface area (Å²) in [5.74, 6) is 0.465. The van der Waals surface area contributed by atoms with Crippen molar-refractivity contribution in [1.29, 1.82) is 0 Å². The van der Waals surface area contributed by atoms with Gasteiger partial charge in [-0.1, -0.05) is 23.3 Å². The van der Waals surface area contributed by atoms with Crippen molar-refractivity contribution < 1.29 is 14.2 Å². The fraction of sp³-hybridized carbons (Fsp3) is 0.562. The van der Waals surface area contributed by atoms with Gasteiger partial charge in [-0.3, -0.25) is 0 Å². The predicted molar refractivity (Wildman–Crippen MR) is 86.2 cm³/mol. The van der Waals surface area contributed by atoms with E-state index in [1.807, 2.05) is 6.07 Å². The molecule has 1 saturated heterocycles. The Labute approximate surface area is 140 Å². The van der Waals surface area contributed by atoms with Crippen molar-refractivity contribution in [1.82, 2.24) is 20.2 Å². The lowest BCUT2D eigenvalue weighted by molar-refractivity contribution is -0.0674. The molecule has 0 unspecified atom stereocenters. The summed E-state index contributed by atoms with van der Waals surface area (Å²) in [5.41, 5.74) is 0.179. The van der Waals surface area contributed by atoms with Crippen LogP contribution < -0.4 is 4.90 Å².